The Hall–Kier alpha value is -0.860. The summed E-state index contributed by atoms with van der Waals surface area (Å²) in [4.78, 5) is 13.6. The predicted molar refractivity (Wildman–Crippen MR) is 90.3 cm³/mol. The Morgan fingerprint density at radius 1 is 1.17 bits per heavy atom. The fraction of sp³-hybridized carbons (Fsp3) is 0.500. The molecule has 0 spiro atoms. The van der Waals surface area contributed by atoms with Crippen LogP contribution in [0.2, 0.25) is 10.0 Å². The second kappa shape index (κ2) is 7.81. The average molecular weight is 380 g/mol. The van der Waals surface area contributed by atoms with Crippen molar-refractivity contribution in [1.82, 2.24) is 14.5 Å². The third-order valence-electron chi connectivity index (χ3n) is 3.60. The van der Waals surface area contributed by atoms with Crippen molar-refractivity contribution in [2.75, 3.05) is 39.3 Å². The second-order valence-corrected chi connectivity index (χ2v) is 7.96. The van der Waals surface area contributed by atoms with Gasteiger partial charge in [0.15, 0.2) is 0 Å². The number of halogens is 2. The first kappa shape index (κ1) is 18.5. The van der Waals surface area contributed by atoms with E-state index in [1.807, 2.05) is 11.8 Å². The molecule has 1 amide bonds. The molecule has 2 rings (SSSR count). The molecule has 1 aromatic rings. The number of rotatable bonds is 5. The van der Waals surface area contributed by atoms with E-state index in [1.54, 1.807) is 0 Å². The van der Waals surface area contributed by atoms with Gasteiger partial charge in [0.05, 0.1) is 21.5 Å². The molecule has 0 aliphatic carbocycles. The summed E-state index contributed by atoms with van der Waals surface area (Å²) in [5.74, 6) is -0.0479. The van der Waals surface area contributed by atoms with Crippen molar-refractivity contribution >= 4 is 39.1 Å². The second-order valence-electron chi connectivity index (χ2n) is 5.21. The molecule has 6 nitrogen and oxygen atoms in total. The Bertz CT molecular complexity index is 674. The van der Waals surface area contributed by atoms with E-state index in [9.17, 15) is 13.2 Å². The number of carbonyl (C=O) groups is 1. The van der Waals surface area contributed by atoms with Crippen molar-refractivity contribution in [2.45, 2.75) is 11.8 Å². The highest BCUT2D eigenvalue weighted by molar-refractivity contribution is 7.89. The van der Waals surface area contributed by atoms with Crippen LogP contribution in [0.5, 0.6) is 0 Å². The van der Waals surface area contributed by atoms with Crippen LogP contribution >= 0.6 is 23.2 Å². The maximum Gasteiger partial charge on any atom is 0.243 e. The van der Waals surface area contributed by atoms with Gasteiger partial charge in [0.1, 0.15) is 0 Å². The number of hydrogen-bond acceptors (Lipinski definition) is 4. The van der Waals surface area contributed by atoms with Gasteiger partial charge < -0.3 is 5.32 Å². The highest BCUT2D eigenvalue weighted by Crippen LogP contribution is 2.26. The summed E-state index contributed by atoms with van der Waals surface area (Å²) in [7, 11) is -3.60. The molecule has 0 unspecified atom stereocenters. The van der Waals surface area contributed by atoms with Crippen LogP contribution in [0.1, 0.15) is 6.92 Å². The van der Waals surface area contributed by atoms with Crippen molar-refractivity contribution in [1.29, 1.82) is 0 Å². The molecule has 1 saturated heterocycles. The average Bonchev–Trinajstić information content (AvgIpc) is 2.50. The highest BCUT2D eigenvalue weighted by atomic mass is 35.5. The Balaban J connectivity index is 2.01. The number of benzene rings is 1. The minimum Gasteiger partial charge on any atom is -0.355 e. The van der Waals surface area contributed by atoms with Crippen LogP contribution in [0.15, 0.2) is 23.1 Å². The van der Waals surface area contributed by atoms with Crippen LogP contribution in [0.4, 0.5) is 0 Å². The van der Waals surface area contributed by atoms with E-state index < -0.39 is 10.0 Å². The monoisotopic (exact) mass is 379 g/mol. The van der Waals surface area contributed by atoms with E-state index in [0.29, 0.717) is 37.7 Å². The van der Waals surface area contributed by atoms with Crippen LogP contribution in [0.25, 0.3) is 0 Å². The lowest BCUT2D eigenvalue weighted by molar-refractivity contribution is -0.122. The summed E-state index contributed by atoms with van der Waals surface area (Å²) in [5, 5.41) is 3.26. The van der Waals surface area contributed by atoms with Gasteiger partial charge in [-0.25, -0.2) is 8.42 Å². The van der Waals surface area contributed by atoms with Crippen LogP contribution in [0, 0.1) is 0 Å². The molecule has 1 aromatic carbocycles. The topological polar surface area (TPSA) is 69.7 Å². The number of carbonyl (C=O) groups excluding carboxylic acids is 1. The molecular formula is C14H19Cl2N3O3S. The van der Waals surface area contributed by atoms with E-state index >= 15 is 0 Å². The molecule has 0 saturated carbocycles. The van der Waals surface area contributed by atoms with Crippen LogP contribution < -0.4 is 5.32 Å². The van der Waals surface area contributed by atoms with Gasteiger partial charge in [0.25, 0.3) is 0 Å². The Morgan fingerprint density at radius 3 is 2.39 bits per heavy atom. The molecule has 0 atom stereocenters. The molecule has 1 fully saturated rings. The minimum atomic E-state index is -3.60. The fourth-order valence-electron chi connectivity index (χ4n) is 2.37. The lowest BCUT2D eigenvalue weighted by atomic mass is 10.3. The molecule has 9 heteroatoms. The van der Waals surface area contributed by atoms with Gasteiger partial charge in [-0.3, -0.25) is 9.69 Å². The molecule has 23 heavy (non-hydrogen) atoms. The van der Waals surface area contributed by atoms with Crippen LogP contribution in [-0.4, -0.2) is 62.8 Å². The van der Waals surface area contributed by atoms with Gasteiger partial charge in [-0.15, -0.1) is 0 Å². The zero-order valence-corrected chi connectivity index (χ0v) is 15.1. The normalized spacial score (nSPS) is 17.2. The number of nitrogens with zero attached hydrogens (tertiary/aromatic N) is 2. The maximum atomic E-state index is 12.6. The standard InChI is InChI=1S/C14H19Cl2N3O3S/c1-2-17-14(20)10-18-5-7-19(8-6-18)23(21,22)11-3-4-12(15)13(16)9-11/h3-4,9H,2,5-8,10H2,1H3,(H,17,20). The van der Waals surface area contributed by atoms with Gasteiger partial charge >= 0.3 is 0 Å². The lowest BCUT2D eigenvalue weighted by Crippen LogP contribution is -2.51. The first-order chi connectivity index (χ1) is 10.8. The predicted octanol–water partition coefficient (Wildman–Crippen LogP) is 1.44. The molecule has 1 heterocycles. The van der Waals surface area contributed by atoms with Gasteiger partial charge in [-0.2, -0.15) is 4.31 Å². The van der Waals surface area contributed by atoms with Gasteiger partial charge in [-0.05, 0) is 25.1 Å². The number of piperazine rings is 1. The van der Waals surface area contributed by atoms with Crippen LogP contribution in [0.3, 0.4) is 0 Å². The molecule has 128 valence electrons. The molecule has 0 radical (unpaired) electrons. The summed E-state index contributed by atoms with van der Waals surface area (Å²) in [5.41, 5.74) is 0. The van der Waals surface area contributed by atoms with Crippen molar-refractivity contribution in [2.24, 2.45) is 0 Å². The Labute approximate surface area is 146 Å². The Kier molecular flexibility index (Phi) is 6.27. The fourth-order valence-corrected chi connectivity index (χ4v) is 4.18. The number of amides is 1. The van der Waals surface area contributed by atoms with Crippen molar-refractivity contribution in [3.63, 3.8) is 0 Å². The van der Waals surface area contributed by atoms with Gasteiger partial charge in [0.2, 0.25) is 15.9 Å². The van der Waals surface area contributed by atoms with Crippen LogP contribution in [-0.2, 0) is 14.8 Å². The minimum absolute atomic E-state index is 0.0479. The number of likely N-dealkylation sites (N-methyl/N-ethyl adjacent to an activating group) is 1. The molecule has 0 aromatic heterocycles. The number of sulfonamides is 1. The number of nitrogens with one attached hydrogen (secondary N) is 1. The quantitative estimate of drug-likeness (QED) is 0.839. The molecule has 1 aliphatic heterocycles. The third-order valence-corrected chi connectivity index (χ3v) is 6.23. The Morgan fingerprint density at radius 2 is 1.83 bits per heavy atom. The highest BCUT2D eigenvalue weighted by Gasteiger charge is 2.29. The zero-order valence-electron chi connectivity index (χ0n) is 12.8. The summed E-state index contributed by atoms with van der Waals surface area (Å²) in [6, 6.07) is 4.28. The van der Waals surface area contributed by atoms with E-state index in [4.69, 9.17) is 23.2 Å². The van der Waals surface area contributed by atoms with E-state index in [1.165, 1.54) is 22.5 Å². The molecule has 0 bridgehead atoms. The van der Waals surface area contributed by atoms with Gasteiger partial charge in [0, 0.05) is 32.7 Å². The smallest absolute Gasteiger partial charge is 0.243 e. The van der Waals surface area contributed by atoms with Crippen molar-refractivity contribution in [3.05, 3.63) is 28.2 Å². The largest absolute Gasteiger partial charge is 0.355 e. The molecular weight excluding hydrogens is 361 g/mol. The summed E-state index contributed by atoms with van der Waals surface area (Å²) < 4.78 is 26.6. The number of hydrogen-bond donors (Lipinski definition) is 1. The van der Waals surface area contributed by atoms with Crippen molar-refractivity contribution in [3.8, 4) is 0 Å². The molecule has 1 aliphatic rings. The first-order valence-electron chi connectivity index (χ1n) is 7.29. The van der Waals surface area contributed by atoms with Crippen molar-refractivity contribution < 1.29 is 13.2 Å². The lowest BCUT2D eigenvalue weighted by Gasteiger charge is -2.33. The summed E-state index contributed by atoms with van der Waals surface area (Å²) in [6.07, 6.45) is 0. The summed E-state index contributed by atoms with van der Waals surface area (Å²) >= 11 is 11.7. The van der Waals surface area contributed by atoms with E-state index in [-0.39, 0.29) is 22.4 Å². The maximum absolute atomic E-state index is 12.6. The summed E-state index contributed by atoms with van der Waals surface area (Å²) in [6.45, 7) is 4.43. The van der Waals surface area contributed by atoms with Gasteiger partial charge in [-0.1, -0.05) is 23.2 Å². The third kappa shape index (κ3) is 4.58. The zero-order chi connectivity index (χ0) is 17.0. The van der Waals surface area contributed by atoms with E-state index in [0.717, 1.165) is 0 Å². The SMILES string of the molecule is CCNC(=O)CN1CCN(S(=O)(=O)c2ccc(Cl)c(Cl)c2)CC1. The first-order valence-corrected chi connectivity index (χ1v) is 9.48. The van der Waals surface area contributed by atoms with E-state index in [2.05, 4.69) is 5.32 Å². The molecule has 1 N–H and O–H groups in total.